The normalized spacial score (nSPS) is 28.1. The summed E-state index contributed by atoms with van der Waals surface area (Å²) in [5.41, 5.74) is 6.11. The number of likely N-dealkylation sites (tertiary alicyclic amines) is 2. The van der Waals surface area contributed by atoms with Crippen molar-refractivity contribution in [2.24, 2.45) is 23.7 Å². The highest BCUT2D eigenvalue weighted by Crippen LogP contribution is 2.54. The molecule has 4 saturated heterocycles. The van der Waals surface area contributed by atoms with E-state index in [1.807, 2.05) is 25.2 Å². The highest BCUT2D eigenvalue weighted by Gasteiger charge is 2.56. The van der Waals surface area contributed by atoms with Crippen molar-refractivity contribution < 1.29 is 19.1 Å². The number of nitrogens with one attached hydrogen (secondary N) is 2. The first kappa shape index (κ1) is 34.0. The second-order valence-corrected chi connectivity index (χ2v) is 16.3. The summed E-state index contributed by atoms with van der Waals surface area (Å²) < 4.78 is 11.0. The number of hydrogen-bond acceptors (Lipinski definition) is 6. The van der Waals surface area contributed by atoms with Crippen molar-refractivity contribution in [2.45, 2.75) is 75.5 Å². The van der Waals surface area contributed by atoms with Crippen LogP contribution in [0.3, 0.4) is 0 Å². The van der Waals surface area contributed by atoms with Crippen LogP contribution in [-0.2, 0) is 19.1 Å². The lowest BCUT2D eigenvalue weighted by molar-refractivity contribution is -0.131. The number of fused-ring (bicyclic) bond motifs is 2. The fourth-order valence-corrected chi connectivity index (χ4v) is 9.41. The summed E-state index contributed by atoms with van der Waals surface area (Å²) in [5, 5.41) is 0. The third-order valence-electron chi connectivity index (χ3n) is 12.7. The van der Waals surface area contributed by atoms with E-state index in [1.54, 1.807) is 0 Å². The molecule has 2 aromatic heterocycles. The number of aromatic amines is 2. The number of rotatable bonds is 10. The van der Waals surface area contributed by atoms with Gasteiger partial charge in [0.15, 0.2) is 0 Å². The number of nitrogens with zero attached hydrogens (tertiary/aromatic N) is 4. The molecule has 0 spiro atoms. The van der Waals surface area contributed by atoms with Crippen LogP contribution in [0, 0.1) is 36.5 Å². The number of piperidine rings is 2. The fraction of sp³-hybridized carbons (Fsp3) is 0.455. The molecule has 6 atom stereocenters. The lowest BCUT2D eigenvalue weighted by Crippen LogP contribution is -2.36. The topological polar surface area (TPSA) is 116 Å². The van der Waals surface area contributed by atoms with Crippen LogP contribution in [0.2, 0.25) is 0 Å². The molecular formula is C44H48N6O4. The molecule has 2 N–H and O–H groups in total. The van der Waals surface area contributed by atoms with Crippen LogP contribution >= 0.6 is 0 Å². The lowest BCUT2D eigenvalue weighted by atomic mass is 9.95. The van der Waals surface area contributed by atoms with Gasteiger partial charge >= 0.3 is 0 Å². The molecule has 4 aliphatic heterocycles. The molecule has 10 heteroatoms. The lowest BCUT2D eigenvalue weighted by Gasteiger charge is -2.29. The molecule has 2 aromatic carbocycles. The smallest absolute Gasteiger partial charge is 0.227 e. The molecule has 6 heterocycles. The van der Waals surface area contributed by atoms with E-state index in [2.05, 4.69) is 80.5 Å². The zero-order valence-electron chi connectivity index (χ0n) is 30.6. The van der Waals surface area contributed by atoms with Crippen molar-refractivity contribution in [1.29, 1.82) is 0 Å². The zero-order valence-corrected chi connectivity index (χ0v) is 30.6. The second-order valence-electron chi connectivity index (χ2n) is 16.3. The number of H-pyrrole nitrogens is 2. The highest BCUT2D eigenvalue weighted by atomic mass is 16.5. The van der Waals surface area contributed by atoms with Crippen LogP contribution in [0.5, 0.6) is 0 Å². The van der Waals surface area contributed by atoms with Gasteiger partial charge in [0.05, 0.1) is 36.3 Å². The summed E-state index contributed by atoms with van der Waals surface area (Å²) in [4.78, 5) is 47.8. The second kappa shape index (κ2) is 14.3. The van der Waals surface area contributed by atoms with E-state index in [9.17, 15) is 9.59 Å². The minimum absolute atomic E-state index is 0.0135. The van der Waals surface area contributed by atoms with Crippen LogP contribution in [0.4, 0.5) is 0 Å². The highest BCUT2D eigenvalue weighted by molar-refractivity contribution is 5.87. The number of ether oxygens (including phenoxy) is 2. The minimum Gasteiger partial charge on any atom is -0.381 e. The maximum atomic E-state index is 13.4. The summed E-state index contributed by atoms with van der Waals surface area (Å²) in [6, 6.07) is 17.6. The van der Waals surface area contributed by atoms with E-state index in [1.165, 1.54) is 0 Å². The fourth-order valence-electron chi connectivity index (χ4n) is 9.41. The molecule has 6 aliphatic rings. The summed E-state index contributed by atoms with van der Waals surface area (Å²) in [7, 11) is 0. The van der Waals surface area contributed by atoms with Gasteiger partial charge in [-0.1, -0.05) is 60.7 Å². The Kier molecular flexibility index (Phi) is 8.98. The van der Waals surface area contributed by atoms with Crippen molar-refractivity contribution in [3.05, 3.63) is 96.5 Å². The average molecular weight is 725 g/mol. The number of benzene rings is 2. The standard InChI is InChI=1S/C44H48N6O4/c51-41(19-29-11-15-53-16-12-29)49-37-21-33(37)23-39(49)43-45-25-35(47-43)31-7-3-27(4-8-31)1-2-28-5-9-32(10-6-28)36-26-46-44(48-36)40-24-34-22-38(34)50(40)42(52)20-30-13-17-54-18-14-30/h1-10,19-20,25-26,29-30,33-34,37-40H,11-18,21-24H2,(H,45,47)(H,46,48)/b2-1+/t33-,34?,37-,38?,39+,40?/m1/s1. The van der Waals surface area contributed by atoms with Gasteiger partial charge in [-0.15, -0.1) is 0 Å². The number of hydrogen-bond donors (Lipinski definition) is 2. The Hall–Kier alpha value is -4.54. The van der Waals surface area contributed by atoms with E-state index in [0.29, 0.717) is 35.8 Å². The largest absolute Gasteiger partial charge is 0.381 e. The monoisotopic (exact) mass is 724 g/mol. The Morgan fingerprint density at radius 2 is 1.00 bits per heavy atom. The van der Waals surface area contributed by atoms with Crippen LogP contribution in [0.15, 0.2) is 60.9 Å². The first-order valence-corrected chi connectivity index (χ1v) is 20.0. The molecule has 10 nitrogen and oxygen atoms in total. The molecule has 2 saturated carbocycles. The van der Waals surface area contributed by atoms with Crippen LogP contribution in [0.1, 0.15) is 86.2 Å². The average Bonchev–Trinajstić information content (AvgIpc) is 3.79. The van der Waals surface area contributed by atoms with Crippen molar-refractivity contribution in [2.75, 3.05) is 26.4 Å². The van der Waals surface area contributed by atoms with Gasteiger partial charge in [0, 0.05) is 62.0 Å². The number of carbonyl (C=O) groups excluding carboxylic acids is 2. The van der Waals surface area contributed by atoms with Gasteiger partial charge in [0.2, 0.25) is 11.8 Å². The van der Waals surface area contributed by atoms with Crippen molar-refractivity contribution in [3.8, 4) is 22.5 Å². The van der Waals surface area contributed by atoms with Crippen molar-refractivity contribution in [1.82, 2.24) is 29.7 Å². The van der Waals surface area contributed by atoms with Crippen LogP contribution in [0.25, 0.3) is 34.7 Å². The molecule has 54 heavy (non-hydrogen) atoms. The SMILES string of the molecule is O=C([CH]C1CCOCC1)N1C(c2nc(-c3ccc(/C=C/c4ccc(-c5c[nH]c([C@@H]6C[C@H]7C[C@H]7N6C(=O)[CH]C6CCOCC6)n5)cc4)cc3)c[nH]2)CC2CC21. The first-order chi connectivity index (χ1) is 26.5. The van der Waals surface area contributed by atoms with Gasteiger partial charge in [-0.2, -0.15) is 0 Å². The Balaban J connectivity index is 0.756. The number of imidazole rings is 2. The van der Waals surface area contributed by atoms with Crippen LogP contribution in [-0.4, -0.2) is 80.1 Å². The zero-order chi connectivity index (χ0) is 36.2. The number of carbonyl (C=O) groups is 2. The molecule has 6 fully saturated rings. The molecule has 278 valence electrons. The van der Waals surface area contributed by atoms with Gasteiger partial charge < -0.3 is 29.2 Å². The van der Waals surface area contributed by atoms with E-state index >= 15 is 0 Å². The van der Waals surface area contributed by atoms with Crippen LogP contribution < -0.4 is 0 Å². The molecule has 2 radical (unpaired) electrons. The molecule has 2 aliphatic carbocycles. The number of amides is 2. The van der Waals surface area contributed by atoms with Gasteiger partial charge in [0.1, 0.15) is 11.6 Å². The molecule has 0 bridgehead atoms. The summed E-state index contributed by atoms with van der Waals surface area (Å²) in [6.07, 6.45) is 20.0. The van der Waals surface area contributed by atoms with Crippen molar-refractivity contribution >= 4 is 24.0 Å². The minimum atomic E-state index is 0.0135. The molecule has 3 unspecified atom stereocenters. The molecular weight excluding hydrogens is 677 g/mol. The Labute approximate surface area is 316 Å². The van der Waals surface area contributed by atoms with Gasteiger partial charge in [0.25, 0.3) is 0 Å². The maximum absolute atomic E-state index is 13.4. The maximum Gasteiger partial charge on any atom is 0.227 e. The molecule has 2 amide bonds. The van der Waals surface area contributed by atoms with Gasteiger partial charge in [-0.3, -0.25) is 9.59 Å². The third-order valence-corrected chi connectivity index (χ3v) is 12.7. The summed E-state index contributed by atoms with van der Waals surface area (Å²) in [6.45, 7) is 2.96. The van der Waals surface area contributed by atoms with Gasteiger partial charge in [-0.25, -0.2) is 9.97 Å². The van der Waals surface area contributed by atoms with E-state index in [-0.39, 0.29) is 23.9 Å². The summed E-state index contributed by atoms with van der Waals surface area (Å²) in [5.74, 6) is 3.90. The number of aromatic nitrogens is 4. The molecule has 10 rings (SSSR count). The molecule has 4 aromatic rings. The Morgan fingerprint density at radius 1 is 0.593 bits per heavy atom. The predicted octanol–water partition coefficient (Wildman–Crippen LogP) is 7.22. The first-order valence-electron chi connectivity index (χ1n) is 20.0. The Morgan fingerprint density at radius 3 is 1.41 bits per heavy atom. The van der Waals surface area contributed by atoms with E-state index < -0.39 is 0 Å². The predicted molar refractivity (Wildman–Crippen MR) is 205 cm³/mol. The van der Waals surface area contributed by atoms with E-state index in [4.69, 9.17) is 19.4 Å². The quantitative estimate of drug-likeness (QED) is 0.167. The van der Waals surface area contributed by atoms with E-state index in [0.717, 1.165) is 123 Å². The summed E-state index contributed by atoms with van der Waals surface area (Å²) >= 11 is 0. The van der Waals surface area contributed by atoms with Crippen molar-refractivity contribution in [3.63, 3.8) is 0 Å². The Bertz CT molecular complexity index is 1860. The van der Waals surface area contributed by atoms with Gasteiger partial charge in [-0.05, 0) is 86.2 Å². The third kappa shape index (κ3) is 6.83.